The summed E-state index contributed by atoms with van der Waals surface area (Å²) in [5, 5.41) is 17.5. The number of fused-ring (bicyclic) bond motifs is 4. The van der Waals surface area contributed by atoms with Crippen LogP contribution in [0, 0.1) is 5.92 Å². The summed E-state index contributed by atoms with van der Waals surface area (Å²) in [6.07, 6.45) is 3.77. The van der Waals surface area contributed by atoms with E-state index >= 15 is 0 Å². The highest BCUT2D eigenvalue weighted by atomic mass is 28.3. The van der Waals surface area contributed by atoms with Gasteiger partial charge in [0.15, 0.2) is 0 Å². The van der Waals surface area contributed by atoms with E-state index in [1.165, 1.54) is 7.11 Å². The van der Waals surface area contributed by atoms with Gasteiger partial charge in [0, 0.05) is 32.1 Å². The summed E-state index contributed by atoms with van der Waals surface area (Å²) in [4.78, 5) is 41.0. The van der Waals surface area contributed by atoms with Crippen molar-refractivity contribution in [1.82, 2.24) is 14.9 Å². The maximum Gasteiger partial charge on any atom is 0.411 e. The lowest BCUT2D eigenvalue weighted by Gasteiger charge is -2.19. The number of hydrogen-bond donors (Lipinski definition) is 4. The molecule has 12 heteroatoms. The van der Waals surface area contributed by atoms with Gasteiger partial charge in [-0.15, -0.1) is 0 Å². The summed E-state index contributed by atoms with van der Waals surface area (Å²) in [5.41, 5.74) is 2.01. The molecule has 0 aliphatic carbocycles. The Morgan fingerprint density at radius 1 is 1.30 bits per heavy atom. The fourth-order valence-electron chi connectivity index (χ4n) is 3.73. The fraction of sp³-hybridized carbons (Fsp3) is 0.440. The number of carbonyl (C=O) groups is 3. The lowest BCUT2D eigenvalue weighted by molar-refractivity contribution is -0.118. The van der Waals surface area contributed by atoms with Crippen molar-refractivity contribution in [2.75, 3.05) is 24.4 Å². The van der Waals surface area contributed by atoms with Crippen molar-refractivity contribution in [1.29, 1.82) is 0 Å². The molecule has 11 nitrogen and oxygen atoms in total. The standard InChI is InChI=1S/C25H35N5O6Si/c1-16-7-6-8-19(29-24(32)33)22-27-21(14-30(22)15-36-11-12-37(3,4)5)18-10-9-17(26-25(34)35-2)13-20(18)28-23(16)31/h6-7,9-10,13-14,16,19,29H,8,11-12,15H2,1-5H3,(H,26,34)(H,28,31)(H,32,33)/t16-,19+/m1/s1. The summed E-state index contributed by atoms with van der Waals surface area (Å²) in [5.74, 6) is -0.243. The third kappa shape index (κ3) is 7.92. The van der Waals surface area contributed by atoms with Crippen molar-refractivity contribution in [3.05, 3.63) is 42.4 Å². The summed E-state index contributed by atoms with van der Waals surface area (Å²) < 4.78 is 12.4. The van der Waals surface area contributed by atoms with Crippen LogP contribution in [-0.4, -0.2) is 54.5 Å². The lowest BCUT2D eigenvalue weighted by Crippen LogP contribution is -2.29. The number of aromatic nitrogens is 2. The molecule has 3 rings (SSSR count). The van der Waals surface area contributed by atoms with E-state index in [1.807, 2.05) is 0 Å². The Bertz CT molecular complexity index is 1170. The van der Waals surface area contributed by atoms with Crippen LogP contribution in [0.2, 0.25) is 25.7 Å². The molecule has 200 valence electrons. The number of amides is 3. The maximum absolute atomic E-state index is 12.9. The van der Waals surface area contributed by atoms with Crippen molar-refractivity contribution < 1.29 is 29.0 Å². The first-order valence-corrected chi connectivity index (χ1v) is 15.8. The number of carbonyl (C=O) groups excluding carboxylic acids is 2. The molecule has 0 saturated heterocycles. The zero-order valence-corrected chi connectivity index (χ0v) is 22.8. The number of carboxylic acid groups (broad SMARTS) is 1. The Hall–Kier alpha value is -3.64. The van der Waals surface area contributed by atoms with Gasteiger partial charge in [0.2, 0.25) is 5.91 Å². The summed E-state index contributed by atoms with van der Waals surface area (Å²) in [7, 11) is -0.0201. The van der Waals surface area contributed by atoms with Gasteiger partial charge >= 0.3 is 12.2 Å². The van der Waals surface area contributed by atoms with E-state index in [0.717, 1.165) is 6.04 Å². The Morgan fingerprint density at radius 3 is 2.73 bits per heavy atom. The fourth-order valence-corrected chi connectivity index (χ4v) is 4.49. The molecule has 1 aliphatic heterocycles. The minimum absolute atomic E-state index is 0.203. The predicted molar refractivity (Wildman–Crippen MR) is 143 cm³/mol. The number of ether oxygens (including phenoxy) is 2. The zero-order chi connectivity index (χ0) is 27.2. The van der Waals surface area contributed by atoms with Crippen LogP contribution >= 0.6 is 0 Å². The number of nitrogens with zero attached hydrogens (tertiary/aromatic N) is 2. The van der Waals surface area contributed by atoms with Gasteiger partial charge in [-0.3, -0.25) is 10.1 Å². The zero-order valence-electron chi connectivity index (χ0n) is 21.8. The topological polar surface area (TPSA) is 144 Å². The maximum atomic E-state index is 12.9. The highest BCUT2D eigenvalue weighted by molar-refractivity contribution is 6.76. The van der Waals surface area contributed by atoms with Gasteiger partial charge in [-0.2, -0.15) is 0 Å². The van der Waals surface area contributed by atoms with Crippen LogP contribution in [-0.2, 0) is 21.0 Å². The molecule has 1 aromatic carbocycles. The summed E-state index contributed by atoms with van der Waals surface area (Å²) in [6, 6.07) is 5.37. The lowest BCUT2D eigenvalue weighted by atomic mass is 10.1. The monoisotopic (exact) mass is 529 g/mol. The minimum atomic E-state index is -1.28. The van der Waals surface area contributed by atoms with E-state index < -0.39 is 32.2 Å². The highest BCUT2D eigenvalue weighted by Crippen LogP contribution is 2.33. The molecule has 0 unspecified atom stereocenters. The molecule has 1 aromatic heterocycles. The van der Waals surface area contributed by atoms with Crippen molar-refractivity contribution in [3.8, 4) is 11.3 Å². The van der Waals surface area contributed by atoms with E-state index in [1.54, 1.807) is 48.0 Å². The number of anilines is 2. The van der Waals surface area contributed by atoms with Crippen molar-refractivity contribution in [2.45, 2.75) is 51.8 Å². The number of methoxy groups -OCH3 is 1. The average Bonchev–Trinajstić information content (AvgIpc) is 3.23. The molecule has 2 atom stereocenters. The number of benzene rings is 1. The number of imidazole rings is 1. The smallest absolute Gasteiger partial charge is 0.411 e. The van der Waals surface area contributed by atoms with Crippen molar-refractivity contribution in [2.24, 2.45) is 5.92 Å². The predicted octanol–water partition coefficient (Wildman–Crippen LogP) is 4.88. The minimum Gasteiger partial charge on any atom is -0.465 e. The molecular formula is C25H35N5O6Si. The van der Waals surface area contributed by atoms with Crippen LogP contribution in [0.4, 0.5) is 21.0 Å². The quantitative estimate of drug-likeness (QED) is 0.227. The molecule has 4 N–H and O–H groups in total. The average molecular weight is 530 g/mol. The molecule has 2 bridgehead atoms. The third-order valence-electron chi connectivity index (χ3n) is 5.84. The van der Waals surface area contributed by atoms with E-state index in [9.17, 15) is 19.5 Å². The van der Waals surface area contributed by atoms with E-state index in [0.29, 0.717) is 41.5 Å². The third-order valence-corrected chi connectivity index (χ3v) is 7.54. The number of rotatable bonds is 7. The van der Waals surface area contributed by atoms with Gasteiger partial charge < -0.3 is 29.8 Å². The highest BCUT2D eigenvalue weighted by Gasteiger charge is 2.24. The molecule has 2 heterocycles. The number of nitrogens with one attached hydrogen (secondary N) is 3. The van der Waals surface area contributed by atoms with Gasteiger partial charge in [0.05, 0.1) is 30.5 Å². The molecule has 0 fully saturated rings. The van der Waals surface area contributed by atoms with Crippen molar-refractivity contribution >= 4 is 37.5 Å². The summed E-state index contributed by atoms with van der Waals surface area (Å²) >= 11 is 0. The Kier molecular flexibility index (Phi) is 9.11. The molecule has 0 spiro atoms. The molecule has 37 heavy (non-hydrogen) atoms. The van der Waals surface area contributed by atoms with Gasteiger partial charge in [0.25, 0.3) is 0 Å². The second-order valence-electron chi connectivity index (χ2n) is 10.1. The van der Waals surface area contributed by atoms with Gasteiger partial charge in [0.1, 0.15) is 12.6 Å². The van der Waals surface area contributed by atoms with E-state index in [2.05, 4.69) is 40.3 Å². The van der Waals surface area contributed by atoms with Gasteiger partial charge in [-0.1, -0.05) is 38.7 Å². The van der Waals surface area contributed by atoms with Crippen LogP contribution in [0.3, 0.4) is 0 Å². The molecule has 0 saturated carbocycles. The SMILES string of the molecule is COC(=O)Nc1ccc2c(c1)NC(=O)[C@H](C)C=CC[C@H](NC(=O)O)c1nc-2cn1COCC[Si](C)(C)C. The second kappa shape index (κ2) is 12.1. The Balaban J connectivity index is 2.07. The van der Waals surface area contributed by atoms with Crippen LogP contribution in [0.25, 0.3) is 11.3 Å². The Morgan fingerprint density at radius 2 is 2.05 bits per heavy atom. The second-order valence-corrected chi connectivity index (χ2v) is 15.7. The molecule has 2 aromatic rings. The van der Waals surface area contributed by atoms with E-state index in [4.69, 9.17) is 9.72 Å². The van der Waals surface area contributed by atoms with Crippen LogP contribution in [0.1, 0.15) is 25.2 Å². The van der Waals surface area contributed by atoms with Crippen molar-refractivity contribution in [3.63, 3.8) is 0 Å². The first-order chi connectivity index (χ1) is 17.5. The van der Waals surface area contributed by atoms with Crippen LogP contribution in [0.15, 0.2) is 36.5 Å². The van der Waals surface area contributed by atoms with E-state index in [-0.39, 0.29) is 12.6 Å². The Labute approximate surface area is 217 Å². The first-order valence-electron chi connectivity index (χ1n) is 12.1. The first kappa shape index (κ1) is 27.9. The molecule has 0 radical (unpaired) electrons. The normalized spacial score (nSPS) is 17.6. The molecular weight excluding hydrogens is 494 g/mol. The van der Waals surface area contributed by atoms with Gasteiger partial charge in [-0.05, 0) is 30.7 Å². The molecule has 1 aliphatic rings. The van der Waals surface area contributed by atoms with Crippen LogP contribution in [0.5, 0.6) is 0 Å². The molecule has 3 amide bonds. The summed E-state index contributed by atoms with van der Waals surface area (Å²) in [6.45, 7) is 9.35. The number of hydrogen-bond acceptors (Lipinski definition) is 6. The van der Waals surface area contributed by atoms with Gasteiger partial charge in [-0.25, -0.2) is 14.6 Å². The van der Waals surface area contributed by atoms with Crippen LogP contribution < -0.4 is 16.0 Å². The largest absolute Gasteiger partial charge is 0.465 e.